The lowest BCUT2D eigenvalue weighted by atomic mass is 10.1. The van der Waals surface area contributed by atoms with Crippen molar-refractivity contribution >= 4 is 12.0 Å². The molecule has 0 heterocycles. The van der Waals surface area contributed by atoms with Crippen LogP contribution in [0.15, 0.2) is 18.2 Å². The maximum Gasteiger partial charge on any atom is 0.251 e. The van der Waals surface area contributed by atoms with Gasteiger partial charge >= 0.3 is 0 Å². The SMILES string of the molecule is CC=Cc1cc(C(=O)NC)cc(OC)c1OC. The molecule has 0 spiro atoms. The van der Waals surface area contributed by atoms with Gasteiger partial charge in [-0.15, -0.1) is 0 Å². The Hall–Kier alpha value is -1.97. The number of nitrogens with one attached hydrogen (secondary N) is 1. The maximum absolute atomic E-state index is 11.6. The zero-order valence-corrected chi connectivity index (χ0v) is 10.5. The Kier molecular flexibility index (Phi) is 4.57. The molecule has 4 nitrogen and oxygen atoms in total. The Balaban J connectivity index is 3.39. The Labute approximate surface area is 101 Å². The van der Waals surface area contributed by atoms with Gasteiger partial charge in [0.1, 0.15) is 0 Å². The van der Waals surface area contributed by atoms with E-state index in [4.69, 9.17) is 9.47 Å². The van der Waals surface area contributed by atoms with Gasteiger partial charge in [-0.25, -0.2) is 0 Å². The Morgan fingerprint density at radius 2 is 2.00 bits per heavy atom. The summed E-state index contributed by atoms with van der Waals surface area (Å²) in [5.41, 5.74) is 1.35. The van der Waals surface area contributed by atoms with Gasteiger partial charge in [-0.2, -0.15) is 0 Å². The molecule has 0 radical (unpaired) electrons. The van der Waals surface area contributed by atoms with Gasteiger partial charge in [0.15, 0.2) is 11.5 Å². The summed E-state index contributed by atoms with van der Waals surface area (Å²) in [4.78, 5) is 11.6. The minimum absolute atomic E-state index is 0.156. The van der Waals surface area contributed by atoms with Gasteiger partial charge in [-0.05, 0) is 19.1 Å². The summed E-state index contributed by atoms with van der Waals surface area (Å²) in [5.74, 6) is 1.01. The summed E-state index contributed by atoms with van der Waals surface area (Å²) >= 11 is 0. The molecule has 1 N–H and O–H groups in total. The standard InChI is InChI=1S/C13H17NO3/c1-5-6-9-7-10(13(15)14-2)8-11(16-3)12(9)17-4/h5-8H,1-4H3,(H,14,15). The van der Waals surface area contributed by atoms with Crippen molar-refractivity contribution in [2.45, 2.75) is 6.92 Å². The van der Waals surface area contributed by atoms with Crippen molar-refractivity contribution in [1.82, 2.24) is 5.32 Å². The number of hydrogen-bond donors (Lipinski definition) is 1. The van der Waals surface area contributed by atoms with Crippen LogP contribution in [0.1, 0.15) is 22.8 Å². The molecule has 0 fully saturated rings. The molecule has 0 unspecified atom stereocenters. The predicted octanol–water partition coefficient (Wildman–Crippen LogP) is 2.10. The van der Waals surface area contributed by atoms with Crippen LogP contribution in [0.3, 0.4) is 0 Å². The minimum atomic E-state index is -0.156. The van der Waals surface area contributed by atoms with Gasteiger partial charge in [-0.3, -0.25) is 4.79 Å². The van der Waals surface area contributed by atoms with Crippen LogP contribution in [0, 0.1) is 0 Å². The first kappa shape index (κ1) is 13.1. The fourth-order valence-electron chi connectivity index (χ4n) is 1.57. The molecule has 1 amide bonds. The molecule has 1 rings (SSSR count). The van der Waals surface area contributed by atoms with Gasteiger partial charge in [0, 0.05) is 18.2 Å². The lowest BCUT2D eigenvalue weighted by Crippen LogP contribution is -2.18. The van der Waals surface area contributed by atoms with Crippen molar-refractivity contribution in [1.29, 1.82) is 0 Å². The second-order valence-electron chi connectivity index (χ2n) is 3.38. The van der Waals surface area contributed by atoms with Gasteiger partial charge < -0.3 is 14.8 Å². The predicted molar refractivity (Wildman–Crippen MR) is 67.6 cm³/mol. The number of allylic oxidation sites excluding steroid dienone is 1. The van der Waals surface area contributed by atoms with Gasteiger partial charge in [-0.1, -0.05) is 12.2 Å². The molecule has 1 aromatic rings. The number of carbonyl (C=O) groups is 1. The fourth-order valence-corrected chi connectivity index (χ4v) is 1.57. The van der Waals surface area contributed by atoms with Crippen molar-refractivity contribution in [3.05, 3.63) is 29.3 Å². The first-order valence-corrected chi connectivity index (χ1v) is 5.28. The van der Waals surface area contributed by atoms with Crippen molar-refractivity contribution < 1.29 is 14.3 Å². The molecule has 0 aliphatic heterocycles. The van der Waals surface area contributed by atoms with Crippen LogP contribution in [0.2, 0.25) is 0 Å². The number of rotatable bonds is 4. The van der Waals surface area contributed by atoms with E-state index in [-0.39, 0.29) is 5.91 Å². The van der Waals surface area contributed by atoms with E-state index in [1.165, 1.54) is 0 Å². The third kappa shape index (κ3) is 2.78. The van der Waals surface area contributed by atoms with Crippen molar-refractivity contribution in [3.8, 4) is 11.5 Å². The van der Waals surface area contributed by atoms with Crippen LogP contribution in [-0.2, 0) is 0 Å². The third-order valence-corrected chi connectivity index (χ3v) is 2.34. The van der Waals surface area contributed by atoms with E-state index >= 15 is 0 Å². The van der Waals surface area contributed by atoms with Crippen molar-refractivity contribution in [2.75, 3.05) is 21.3 Å². The van der Waals surface area contributed by atoms with Crippen LogP contribution in [0.25, 0.3) is 6.08 Å². The minimum Gasteiger partial charge on any atom is -0.493 e. The molecule has 1 aromatic carbocycles. The molecular weight excluding hydrogens is 218 g/mol. The van der Waals surface area contributed by atoms with Crippen LogP contribution in [0.5, 0.6) is 11.5 Å². The third-order valence-electron chi connectivity index (χ3n) is 2.34. The van der Waals surface area contributed by atoms with E-state index in [0.29, 0.717) is 17.1 Å². The number of hydrogen-bond acceptors (Lipinski definition) is 3. The largest absolute Gasteiger partial charge is 0.493 e. The van der Waals surface area contributed by atoms with E-state index in [0.717, 1.165) is 5.56 Å². The Bertz CT molecular complexity index is 439. The highest BCUT2D eigenvalue weighted by atomic mass is 16.5. The molecule has 0 aromatic heterocycles. The lowest BCUT2D eigenvalue weighted by molar-refractivity contribution is 0.0962. The summed E-state index contributed by atoms with van der Waals surface area (Å²) in [7, 11) is 4.71. The summed E-state index contributed by atoms with van der Waals surface area (Å²) in [6.07, 6.45) is 3.75. The van der Waals surface area contributed by atoms with E-state index in [1.54, 1.807) is 33.4 Å². The molecule has 4 heteroatoms. The number of amides is 1. The molecule has 0 aliphatic carbocycles. The van der Waals surface area contributed by atoms with E-state index in [1.807, 2.05) is 19.1 Å². The second-order valence-corrected chi connectivity index (χ2v) is 3.38. The molecule has 92 valence electrons. The lowest BCUT2D eigenvalue weighted by Gasteiger charge is -2.12. The van der Waals surface area contributed by atoms with Crippen LogP contribution in [0.4, 0.5) is 0 Å². The number of benzene rings is 1. The molecule has 0 bridgehead atoms. The molecular formula is C13H17NO3. The zero-order valence-electron chi connectivity index (χ0n) is 10.5. The highest BCUT2D eigenvalue weighted by Gasteiger charge is 2.13. The molecule has 17 heavy (non-hydrogen) atoms. The average Bonchev–Trinajstić information content (AvgIpc) is 2.37. The van der Waals surface area contributed by atoms with E-state index in [2.05, 4.69) is 5.32 Å². The van der Waals surface area contributed by atoms with E-state index < -0.39 is 0 Å². The number of ether oxygens (including phenoxy) is 2. The summed E-state index contributed by atoms with van der Waals surface area (Å²) in [5, 5.41) is 2.58. The first-order valence-electron chi connectivity index (χ1n) is 5.28. The van der Waals surface area contributed by atoms with Gasteiger partial charge in [0.25, 0.3) is 5.91 Å². The van der Waals surface area contributed by atoms with Crippen LogP contribution < -0.4 is 14.8 Å². The molecule has 0 atom stereocenters. The smallest absolute Gasteiger partial charge is 0.251 e. The maximum atomic E-state index is 11.6. The Morgan fingerprint density at radius 1 is 1.29 bits per heavy atom. The number of methoxy groups -OCH3 is 2. The van der Waals surface area contributed by atoms with Gasteiger partial charge in [0.05, 0.1) is 14.2 Å². The average molecular weight is 235 g/mol. The Morgan fingerprint density at radius 3 is 2.47 bits per heavy atom. The summed E-state index contributed by atoms with van der Waals surface area (Å²) in [6, 6.07) is 3.42. The highest BCUT2D eigenvalue weighted by molar-refractivity contribution is 5.95. The van der Waals surface area contributed by atoms with Crippen molar-refractivity contribution in [3.63, 3.8) is 0 Å². The normalized spacial score (nSPS) is 10.4. The van der Waals surface area contributed by atoms with Crippen molar-refractivity contribution in [2.24, 2.45) is 0 Å². The molecule has 0 saturated heterocycles. The number of carbonyl (C=O) groups excluding carboxylic acids is 1. The highest BCUT2D eigenvalue weighted by Crippen LogP contribution is 2.33. The molecule has 0 saturated carbocycles. The summed E-state index contributed by atoms with van der Waals surface area (Å²) in [6.45, 7) is 1.90. The van der Waals surface area contributed by atoms with Crippen LogP contribution in [-0.4, -0.2) is 27.2 Å². The quantitative estimate of drug-likeness (QED) is 0.869. The zero-order chi connectivity index (χ0) is 12.8. The molecule has 0 aliphatic rings. The second kappa shape index (κ2) is 5.94. The van der Waals surface area contributed by atoms with Gasteiger partial charge in [0.2, 0.25) is 0 Å². The summed E-state index contributed by atoms with van der Waals surface area (Å²) < 4.78 is 10.5. The van der Waals surface area contributed by atoms with Crippen LogP contribution >= 0.6 is 0 Å². The van der Waals surface area contributed by atoms with E-state index in [9.17, 15) is 4.79 Å². The first-order chi connectivity index (χ1) is 8.17. The topological polar surface area (TPSA) is 47.6 Å². The monoisotopic (exact) mass is 235 g/mol. The fraction of sp³-hybridized carbons (Fsp3) is 0.308.